The van der Waals surface area contributed by atoms with E-state index in [-0.39, 0.29) is 22.8 Å². The molecule has 0 aliphatic heterocycles. The van der Waals surface area contributed by atoms with E-state index in [9.17, 15) is 14.4 Å². The lowest BCUT2D eigenvalue weighted by Crippen LogP contribution is -2.48. The Bertz CT molecular complexity index is 876. The van der Waals surface area contributed by atoms with E-state index < -0.39 is 5.91 Å². The molecule has 1 heterocycles. The molecule has 3 amide bonds. The van der Waals surface area contributed by atoms with Crippen molar-refractivity contribution in [2.45, 2.75) is 32.1 Å². The number of anilines is 1. The van der Waals surface area contributed by atoms with E-state index in [1.165, 1.54) is 17.8 Å². The first-order chi connectivity index (χ1) is 14.0. The Hall–Kier alpha value is -2.78. The zero-order valence-electron chi connectivity index (χ0n) is 15.7. The maximum Gasteiger partial charge on any atom is 0.269 e. The predicted molar refractivity (Wildman–Crippen MR) is 117 cm³/mol. The second-order valence-corrected chi connectivity index (χ2v) is 8.10. The number of rotatable bonds is 4. The highest BCUT2D eigenvalue weighted by molar-refractivity contribution is 7.80. The summed E-state index contributed by atoms with van der Waals surface area (Å²) in [5, 5.41) is 7.17. The van der Waals surface area contributed by atoms with E-state index in [0.717, 1.165) is 25.7 Å². The molecular formula is C20H22N4O3S2. The highest BCUT2D eigenvalue weighted by Gasteiger charge is 2.21. The van der Waals surface area contributed by atoms with Crippen molar-refractivity contribution < 1.29 is 14.4 Å². The van der Waals surface area contributed by atoms with Gasteiger partial charge >= 0.3 is 0 Å². The van der Waals surface area contributed by atoms with Crippen molar-refractivity contribution in [2.24, 2.45) is 5.92 Å². The van der Waals surface area contributed by atoms with Gasteiger partial charge in [-0.1, -0.05) is 25.3 Å². The summed E-state index contributed by atoms with van der Waals surface area (Å²) in [4.78, 5) is 36.9. The van der Waals surface area contributed by atoms with Gasteiger partial charge in [-0.2, -0.15) is 0 Å². The van der Waals surface area contributed by atoms with Crippen LogP contribution in [-0.2, 0) is 4.79 Å². The molecule has 1 fully saturated rings. The molecule has 0 unspecified atom stereocenters. The van der Waals surface area contributed by atoms with Crippen LogP contribution >= 0.6 is 23.6 Å². The van der Waals surface area contributed by atoms with Gasteiger partial charge in [-0.05, 0) is 60.8 Å². The van der Waals surface area contributed by atoms with Crippen molar-refractivity contribution in [3.8, 4) is 0 Å². The van der Waals surface area contributed by atoms with Gasteiger partial charge in [0.05, 0.1) is 4.88 Å². The number of hydrazine groups is 1. The molecule has 0 radical (unpaired) electrons. The van der Waals surface area contributed by atoms with Crippen molar-refractivity contribution >= 4 is 52.1 Å². The molecule has 7 nitrogen and oxygen atoms in total. The zero-order valence-corrected chi connectivity index (χ0v) is 17.3. The van der Waals surface area contributed by atoms with Crippen LogP contribution in [0, 0.1) is 5.92 Å². The third kappa shape index (κ3) is 6.10. The number of nitrogens with one attached hydrogen (secondary N) is 4. The Balaban J connectivity index is 1.45. The zero-order chi connectivity index (χ0) is 20.6. The van der Waals surface area contributed by atoms with Crippen molar-refractivity contribution in [3.05, 3.63) is 52.2 Å². The van der Waals surface area contributed by atoms with Crippen LogP contribution in [0.2, 0.25) is 0 Å². The van der Waals surface area contributed by atoms with E-state index in [4.69, 9.17) is 12.2 Å². The molecule has 0 saturated heterocycles. The fraction of sp³-hybridized carbons (Fsp3) is 0.300. The number of benzene rings is 1. The van der Waals surface area contributed by atoms with Crippen LogP contribution in [0.5, 0.6) is 0 Å². The lowest BCUT2D eigenvalue weighted by atomic mass is 9.88. The number of amides is 3. The number of carbonyl (C=O) groups excluding carboxylic acids is 3. The van der Waals surface area contributed by atoms with Crippen molar-refractivity contribution in [2.75, 3.05) is 5.32 Å². The number of hydrogen-bond donors (Lipinski definition) is 4. The molecule has 9 heteroatoms. The molecule has 152 valence electrons. The van der Waals surface area contributed by atoms with Gasteiger partial charge in [-0.25, -0.2) is 0 Å². The highest BCUT2D eigenvalue weighted by Crippen LogP contribution is 2.25. The number of thiocarbonyl (C=S) groups is 1. The SMILES string of the molecule is O=C(NNC(=S)NC(=O)c1cccs1)c1ccc(NC(=O)C2CCCCC2)cc1. The Morgan fingerprint density at radius 1 is 0.931 bits per heavy atom. The summed E-state index contributed by atoms with van der Waals surface area (Å²) in [7, 11) is 0. The Labute approximate surface area is 178 Å². The van der Waals surface area contributed by atoms with E-state index >= 15 is 0 Å². The van der Waals surface area contributed by atoms with Crippen LogP contribution < -0.4 is 21.5 Å². The summed E-state index contributed by atoms with van der Waals surface area (Å²) >= 11 is 6.29. The summed E-state index contributed by atoms with van der Waals surface area (Å²) in [6, 6.07) is 10.0. The van der Waals surface area contributed by atoms with Crippen molar-refractivity contribution in [1.29, 1.82) is 0 Å². The van der Waals surface area contributed by atoms with Crippen LogP contribution in [-0.4, -0.2) is 22.8 Å². The fourth-order valence-electron chi connectivity index (χ4n) is 3.10. The number of hydrogen-bond acceptors (Lipinski definition) is 5. The van der Waals surface area contributed by atoms with Gasteiger partial charge in [0.25, 0.3) is 11.8 Å². The lowest BCUT2D eigenvalue weighted by Gasteiger charge is -2.20. The van der Waals surface area contributed by atoms with E-state index in [1.807, 2.05) is 0 Å². The lowest BCUT2D eigenvalue weighted by molar-refractivity contribution is -0.120. The molecule has 1 saturated carbocycles. The molecule has 0 bridgehead atoms. The van der Waals surface area contributed by atoms with Crippen LogP contribution in [0.15, 0.2) is 41.8 Å². The Morgan fingerprint density at radius 3 is 2.31 bits per heavy atom. The first-order valence-corrected chi connectivity index (χ1v) is 10.7. The van der Waals surface area contributed by atoms with Crippen LogP contribution in [0.25, 0.3) is 0 Å². The van der Waals surface area contributed by atoms with Gasteiger partial charge in [0, 0.05) is 17.2 Å². The predicted octanol–water partition coefficient (Wildman–Crippen LogP) is 3.22. The number of carbonyl (C=O) groups is 3. The minimum Gasteiger partial charge on any atom is -0.326 e. The van der Waals surface area contributed by atoms with Gasteiger partial charge in [-0.3, -0.25) is 30.6 Å². The molecule has 1 aliphatic carbocycles. The fourth-order valence-corrected chi connectivity index (χ4v) is 3.87. The maximum atomic E-state index is 12.3. The van der Waals surface area contributed by atoms with Crippen LogP contribution in [0.1, 0.15) is 52.1 Å². The molecule has 4 N–H and O–H groups in total. The maximum absolute atomic E-state index is 12.3. The summed E-state index contributed by atoms with van der Waals surface area (Å²) in [5.41, 5.74) is 5.98. The summed E-state index contributed by atoms with van der Waals surface area (Å²) < 4.78 is 0. The molecule has 1 aromatic carbocycles. The normalized spacial score (nSPS) is 13.9. The topological polar surface area (TPSA) is 99.3 Å². The summed E-state index contributed by atoms with van der Waals surface area (Å²) in [6.45, 7) is 0. The van der Waals surface area contributed by atoms with E-state index in [1.54, 1.807) is 41.8 Å². The van der Waals surface area contributed by atoms with Crippen LogP contribution in [0.3, 0.4) is 0 Å². The minimum atomic E-state index is -0.414. The molecule has 1 aromatic heterocycles. The Morgan fingerprint density at radius 2 is 1.66 bits per heavy atom. The average molecular weight is 431 g/mol. The Kier molecular flexibility index (Phi) is 7.31. The standard InChI is InChI=1S/C20H22N4O3S2/c25-17(13-5-2-1-3-6-13)21-15-10-8-14(9-11-15)18(26)23-24-20(28)22-19(27)16-7-4-12-29-16/h4,7-13H,1-3,5-6H2,(H,21,25)(H,23,26)(H2,22,24,27,28). The minimum absolute atomic E-state index is 0.00637. The number of thiophene rings is 1. The third-order valence-electron chi connectivity index (χ3n) is 4.65. The summed E-state index contributed by atoms with van der Waals surface area (Å²) in [6.07, 6.45) is 5.25. The van der Waals surface area contributed by atoms with E-state index in [2.05, 4.69) is 21.5 Å². The highest BCUT2D eigenvalue weighted by atomic mass is 32.1. The van der Waals surface area contributed by atoms with Crippen molar-refractivity contribution in [3.63, 3.8) is 0 Å². The van der Waals surface area contributed by atoms with Gasteiger partial charge in [-0.15, -0.1) is 11.3 Å². The van der Waals surface area contributed by atoms with E-state index in [0.29, 0.717) is 16.1 Å². The average Bonchev–Trinajstić information content (AvgIpc) is 3.28. The van der Waals surface area contributed by atoms with Gasteiger partial charge in [0.1, 0.15) is 0 Å². The molecule has 3 rings (SSSR count). The molecule has 2 aromatic rings. The second kappa shape index (κ2) is 10.1. The molecule has 1 aliphatic rings. The van der Waals surface area contributed by atoms with Crippen molar-refractivity contribution in [1.82, 2.24) is 16.2 Å². The molecule has 29 heavy (non-hydrogen) atoms. The second-order valence-electron chi connectivity index (χ2n) is 6.74. The van der Waals surface area contributed by atoms with Gasteiger partial charge in [0.2, 0.25) is 5.91 Å². The third-order valence-corrected chi connectivity index (χ3v) is 5.72. The van der Waals surface area contributed by atoms with Gasteiger partial charge < -0.3 is 5.32 Å². The first-order valence-electron chi connectivity index (χ1n) is 9.39. The first kappa shape index (κ1) is 20.9. The smallest absolute Gasteiger partial charge is 0.269 e. The molecule has 0 spiro atoms. The quantitative estimate of drug-likeness (QED) is 0.441. The van der Waals surface area contributed by atoms with Gasteiger partial charge in [0.15, 0.2) is 5.11 Å². The largest absolute Gasteiger partial charge is 0.326 e. The molecular weight excluding hydrogens is 408 g/mol. The molecule has 0 atom stereocenters. The van der Waals surface area contributed by atoms with Crippen LogP contribution in [0.4, 0.5) is 5.69 Å². The summed E-state index contributed by atoms with van der Waals surface area (Å²) in [5.74, 6) is -0.649. The monoisotopic (exact) mass is 430 g/mol.